The molecule has 0 heterocycles. The molecule has 0 saturated heterocycles. The third-order valence-corrected chi connectivity index (χ3v) is 1.90. The van der Waals surface area contributed by atoms with E-state index in [-0.39, 0.29) is 0 Å². The quantitative estimate of drug-likeness (QED) is 0.527. The van der Waals surface area contributed by atoms with E-state index in [0.717, 1.165) is 12.0 Å². The molecular formula is C14H18O2. The van der Waals surface area contributed by atoms with Crippen LogP contribution in [0.2, 0.25) is 0 Å². The zero-order valence-electron chi connectivity index (χ0n) is 10.1. The van der Waals surface area contributed by atoms with Crippen molar-refractivity contribution in [3.8, 4) is 0 Å². The van der Waals surface area contributed by atoms with E-state index < -0.39 is 11.6 Å². The summed E-state index contributed by atoms with van der Waals surface area (Å²) in [6, 6.07) is 0. The molecule has 2 nitrogen and oxygen atoms in total. The molecule has 0 aromatic heterocycles. The lowest BCUT2D eigenvalue weighted by Gasteiger charge is -2.09. The molecule has 0 radical (unpaired) electrons. The fourth-order valence-corrected chi connectivity index (χ4v) is 1.28. The van der Waals surface area contributed by atoms with Crippen molar-refractivity contribution >= 4 is 11.6 Å². The largest absolute Gasteiger partial charge is 0.286 e. The number of rotatable bonds is 2. The van der Waals surface area contributed by atoms with Crippen molar-refractivity contribution in [3.63, 3.8) is 0 Å². The van der Waals surface area contributed by atoms with E-state index in [1.807, 2.05) is 20.8 Å². The van der Waals surface area contributed by atoms with Gasteiger partial charge in [-0.2, -0.15) is 0 Å². The molecule has 0 saturated carbocycles. The minimum absolute atomic E-state index is 0.428. The van der Waals surface area contributed by atoms with Crippen LogP contribution in [-0.2, 0) is 9.59 Å². The monoisotopic (exact) mass is 218 g/mol. The van der Waals surface area contributed by atoms with E-state index in [4.69, 9.17) is 0 Å². The first-order valence-corrected chi connectivity index (χ1v) is 5.50. The number of hydrogen-bond donors (Lipinski definition) is 0. The molecule has 0 fully saturated rings. The predicted octanol–water partition coefficient (Wildman–Crippen LogP) is 3.17. The zero-order valence-corrected chi connectivity index (χ0v) is 10.1. The van der Waals surface area contributed by atoms with Gasteiger partial charge in [0.05, 0.1) is 0 Å². The number of carbonyl (C=O) groups excluding carboxylic acids is 2. The van der Waals surface area contributed by atoms with Crippen molar-refractivity contribution in [1.82, 2.24) is 0 Å². The average Bonchev–Trinajstić information content (AvgIpc) is 2.31. The van der Waals surface area contributed by atoms with Crippen LogP contribution in [0.3, 0.4) is 0 Å². The first kappa shape index (κ1) is 14.3. The van der Waals surface area contributed by atoms with E-state index in [0.29, 0.717) is 5.57 Å². The van der Waals surface area contributed by atoms with Crippen LogP contribution in [0.5, 0.6) is 0 Å². The van der Waals surface area contributed by atoms with Crippen LogP contribution in [-0.4, -0.2) is 11.6 Å². The van der Waals surface area contributed by atoms with Gasteiger partial charge in [0, 0.05) is 5.57 Å². The van der Waals surface area contributed by atoms with Gasteiger partial charge in [-0.15, -0.1) is 0 Å². The van der Waals surface area contributed by atoms with Crippen LogP contribution >= 0.6 is 0 Å². The standard InChI is InChI=1S/C12H12O2.C2H6/c1-3-5-9-7-8-11(13)12(14)10(9)6-4-2;1-2/h3,5-8H,1,4H2,2H3;1-2H3/b9-5-,10-6+;. The Balaban J connectivity index is 0.00000106. The minimum Gasteiger partial charge on any atom is -0.286 e. The second kappa shape index (κ2) is 7.57. The Kier molecular flexibility index (Phi) is 6.77. The highest BCUT2D eigenvalue weighted by molar-refractivity contribution is 6.49. The average molecular weight is 218 g/mol. The van der Waals surface area contributed by atoms with Crippen LogP contribution in [0.15, 0.2) is 48.1 Å². The normalized spacial score (nSPS) is 19.7. The number of hydrogen-bond acceptors (Lipinski definition) is 2. The van der Waals surface area contributed by atoms with E-state index in [2.05, 4.69) is 6.58 Å². The van der Waals surface area contributed by atoms with Gasteiger partial charge in [-0.25, -0.2) is 0 Å². The molecule has 1 aliphatic carbocycles. The van der Waals surface area contributed by atoms with E-state index in [9.17, 15) is 9.59 Å². The molecule has 0 bridgehead atoms. The fourth-order valence-electron chi connectivity index (χ4n) is 1.28. The van der Waals surface area contributed by atoms with Crippen LogP contribution in [0, 0.1) is 0 Å². The molecular weight excluding hydrogens is 200 g/mol. The third-order valence-electron chi connectivity index (χ3n) is 1.90. The molecule has 0 unspecified atom stereocenters. The molecule has 86 valence electrons. The fraction of sp³-hybridized carbons (Fsp3) is 0.286. The van der Waals surface area contributed by atoms with E-state index in [1.54, 1.807) is 24.3 Å². The van der Waals surface area contributed by atoms with Gasteiger partial charge in [0.2, 0.25) is 11.6 Å². The van der Waals surface area contributed by atoms with Crippen molar-refractivity contribution in [2.45, 2.75) is 27.2 Å². The van der Waals surface area contributed by atoms with Gasteiger partial charge < -0.3 is 0 Å². The minimum atomic E-state index is -0.453. The molecule has 0 spiro atoms. The van der Waals surface area contributed by atoms with E-state index in [1.165, 1.54) is 6.08 Å². The second-order valence-electron chi connectivity index (χ2n) is 2.91. The summed E-state index contributed by atoms with van der Waals surface area (Å²) in [6.45, 7) is 9.48. The Bertz CT molecular complexity index is 368. The first-order valence-electron chi connectivity index (χ1n) is 5.50. The smallest absolute Gasteiger partial charge is 0.233 e. The summed E-state index contributed by atoms with van der Waals surface area (Å²) < 4.78 is 0. The summed E-state index contributed by atoms with van der Waals surface area (Å²) in [5, 5.41) is 0. The van der Waals surface area contributed by atoms with Gasteiger partial charge in [0.25, 0.3) is 0 Å². The van der Waals surface area contributed by atoms with Gasteiger partial charge in [0.1, 0.15) is 0 Å². The van der Waals surface area contributed by atoms with Crippen LogP contribution in [0.25, 0.3) is 0 Å². The maximum absolute atomic E-state index is 11.5. The summed E-state index contributed by atoms with van der Waals surface area (Å²) in [4.78, 5) is 22.6. The lowest BCUT2D eigenvalue weighted by molar-refractivity contribution is -0.131. The molecule has 2 heteroatoms. The Morgan fingerprint density at radius 1 is 1.25 bits per heavy atom. The van der Waals surface area contributed by atoms with Gasteiger partial charge in [-0.1, -0.05) is 51.7 Å². The predicted molar refractivity (Wildman–Crippen MR) is 67.2 cm³/mol. The molecule has 1 rings (SSSR count). The third kappa shape index (κ3) is 3.46. The lowest BCUT2D eigenvalue weighted by Crippen LogP contribution is -2.18. The number of ketones is 2. The van der Waals surface area contributed by atoms with Crippen molar-refractivity contribution in [3.05, 3.63) is 48.1 Å². The summed E-state index contributed by atoms with van der Waals surface area (Å²) >= 11 is 0. The van der Waals surface area contributed by atoms with Gasteiger partial charge in [-0.05, 0) is 18.1 Å². The zero-order chi connectivity index (χ0) is 12.6. The van der Waals surface area contributed by atoms with Gasteiger partial charge in [-0.3, -0.25) is 9.59 Å². The van der Waals surface area contributed by atoms with Crippen molar-refractivity contribution < 1.29 is 9.59 Å². The van der Waals surface area contributed by atoms with Crippen LogP contribution < -0.4 is 0 Å². The first-order chi connectivity index (χ1) is 7.70. The molecule has 1 aliphatic rings. The maximum Gasteiger partial charge on any atom is 0.233 e. The molecule has 0 amide bonds. The van der Waals surface area contributed by atoms with Gasteiger partial charge in [0.15, 0.2) is 0 Å². The summed E-state index contributed by atoms with van der Waals surface area (Å²) in [5.74, 6) is -0.881. The molecule has 0 atom stereocenters. The Labute approximate surface area is 97.0 Å². The number of allylic oxidation sites excluding steroid dienone is 7. The van der Waals surface area contributed by atoms with Gasteiger partial charge >= 0.3 is 0 Å². The highest BCUT2D eigenvalue weighted by Gasteiger charge is 2.22. The van der Waals surface area contributed by atoms with Crippen LogP contribution in [0.4, 0.5) is 0 Å². The van der Waals surface area contributed by atoms with Crippen molar-refractivity contribution in [2.75, 3.05) is 0 Å². The molecule has 16 heavy (non-hydrogen) atoms. The highest BCUT2D eigenvalue weighted by Crippen LogP contribution is 2.19. The lowest BCUT2D eigenvalue weighted by atomic mass is 9.92. The summed E-state index contributed by atoms with van der Waals surface area (Å²) in [6.07, 6.45) is 8.77. The molecule has 0 aromatic rings. The maximum atomic E-state index is 11.5. The highest BCUT2D eigenvalue weighted by atomic mass is 16.2. The molecule has 0 N–H and O–H groups in total. The van der Waals surface area contributed by atoms with Crippen molar-refractivity contribution in [2.24, 2.45) is 0 Å². The Morgan fingerprint density at radius 3 is 2.38 bits per heavy atom. The SMILES string of the molecule is C=C/C=C1/C=CC(=O)C(=O)/C1=C/CC.CC. The van der Waals surface area contributed by atoms with E-state index >= 15 is 0 Å². The Hall–Kier alpha value is -1.70. The Morgan fingerprint density at radius 2 is 1.88 bits per heavy atom. The molecule has 0 aromatic carbocycles. The summed E-state index contributed by atoms with van der Waals surface area (Å²) in [5.41, 5.74) is 1.24. The summed E-state index contributed by atoms with van der Waals surface area (Å²) in [7, 11) is 0. The topological polar surface area (TPSA) is 34.1 Å². The van der Waals surface area contributed by atoms with Crippen LogP contribution in [0.1, 0.15) is 27.2 Å². The molecule has 0 aliphatic heterocycles. The number of Topliss-reactive ketones (excluding diaryl/α,β-unsaturated/α-hetero) is 1. The second-order valence-corrected chi connectivity index (χ2v) is 2.91. The van der Waals surface area contributed by atoms with Crippen molar-refractivity contribution in [1.29, 1.82) is 0 Å². The number of carbonyl (C=O) groups is 2.